The molecule has 4 nitrogen and oxygen atoms in total. The van der Waals surface area contributed by atoms with Crippen molar-refractivity contribution < 1.29 is 52.8 Å². The minimum absolute atomic E-state index is 0. The van der Waals surface area contributed by atoms with Crippen LogP contribution in [0.4, 0.5) is 0 Å². The second-order valence-electron chi connectivity index (χ2n) is 2.57. The topological polar surface area (TPSA) is 69.9 Å². The third kappa shape index (κ3) is 3.29. The fourth-order valence-corrected chi connectivity index (χ4v) is 0.982. The van der Waals surface area contributed by atoms with Crippen LogP contribution in [0, 0.1) is 7.11 Å². The zero-order valence-corrected chi connectivity index (χ0v) is 10.4. The van der Waals surface area contributed by atoms with Crippen molar-refractivity contribution in [3.63, 3.8) is 0 Å². The van der Waals surface area contributed by atoms with E-state index in [1.807, 2.05) is 0 Å². The molecule has 5 heteroatoms. The third-order valence-corrected chi connectivity index (χ3v) is 1.72. The van der Waals surface area contributed by atoms with E-state index in [0.29, 0.717) is 11.1 Å². The summed E-state index contributed by atoms with van der Waals surface area (Å²) in [6, 6.07) is 4.32. The molecule has 14 heavy (non-hydrogen) atoms. The molecule has 1 radical (unpaired) electrons. The number of phenols is 1. The van der Waals surface area contributed by atoms with E-state index in [4.69, 9.17) is 5.11 Å². The van der Waals surface area contributed by atoms with Gasteiger partial charge in [-0.25, -0.2) is 7.11 Å². The number of aliphatic hydroxyl groups excluding tert-OH is 2. The molecule has 1 rings (SSSR count). The SMILES string of the molecule is [CH2-]OC(O)c1ccc(O)c(CO)c1.[Y]. The molecule has 1 aromatic carbocycles. The van der Waals surface area contributed by atoms with E-state index in [2.05, 4.69) is 11.8 Å². The Morgan fingerprint density at radius 1 is 1.43 bits per heavy atom. The van der Waals surface area contributed by atoms with Crippen LogP contribution in [0.25, 0.3) is 0 Å². The van der Waals surface area contributed by atoms with Crippen LogP contribution in [0.15, 0.2) is 18.2 Å². The Bertz CT molecular complexity index is 290. The summed E-state index contributed by atoms with van der Waals surface area (Å²) in [5, 5.41) is 27.2. The van der Waals surface area contributed by atoms with E-state index in [9.17, 15) is 10.2 Å². The summed E-state index contributed by atoms with van der Waals surface area (Å²) in [7, 11) is 3.06. The molecular weight excluding hydrogens is 261 g/mol. The summed E-state index contributed by atoms with van der Waals surface area (Å²) in [5.41, 5.74) is 0.783. The zero-order chi connectivity index (χ0) is 9.84. The van der Waals surface area contributed by atoms with Crippen LogP contribution in [-0.4, -0.2) is 15.3 Å². The van der Waals surface area contributed by atoms with Gasteiger partial charge in [-0.2, -0.15) is 0 Å². The van der Waals surface area contributed by atoms with Crippen molar-refractivity contribution in [3.8, 4) is 5.75 Å². The molecule has 0 bridgehead atoms. The van der Waals surface area contributed by atoms with E-state index < -0.39 is 6.29 Å². The second kappa shape index (κ2) is 6.48. The van der Waals surface area contributed by atoms with Crippen LogP contribution in [-0.2, 0) is 44.1 Å². The van der Waals surface area contributed by atoms with Gasteiger partial charge in [0.1, 0.15) is 5.75 Å². The average Bonchev–Trinajstić information content (AvgIpc) is 2.17. The molecule has 0 aliphatic rings. The number of hydrogen-bond donors (Lipinski definition) is 3. The summed E-state index contributed by atoms with van der Waals surface area (Å²) in [6.45, 7) is -0.288. The van der Waals surface area contributed by atoms with Crippen molar-refractivity contribution >= 4 is 0 Å². The van der Waals surface area contributed by atoms with Gasteiger partial charge in [0.25, 0.3) is 0 Å². The fraction of sp³-hybridized carbons (Fsp3) is 0.222. The minimum atomic E-state index is -1.13. The molecule has 1 aromatic rings. The molecule has 0 aliphatic heterocycles. The van der Waals surface area contributed by atoms with Gasteiger partial charge in [-0.3, -0.25) is 0 Å². The summed E-state index contributed by atoms with van der Waals surface area (Å²) in [4.78, 5) is 0. The molecule has 0 saturated heterocycles. The number of aliphatic hydroxyl groups is 2. The van der Waals surface area contributed by atoms with Gasteiger partial charge in [0, 0.05) is 43.8 Å². The zero-order valence-electron chi connectivity index (χ0n) is 7.55. The number of hydrogen-bond acceptors (Lipinski definition) is 4. The number of aromatic hydroxyl groups is 1. The quantitative estimate of drug-likeness (QED) is 0.559. The Morgan fingerprint density at radius 2 is 2.07 bits per heavy atom. The predicted molar refractivity (Wildman–Crippen MR) is 45.4 cm³/mol. The summed E-state index contributed by atoms with van der Waals surface area (Å²) >= 11 is 0. The summed E-state index contributed by atoms with van der Waals surface area (Å²) in [6.07, 6.45) is -1.13. The van der Waals surface area contributed by atoms with Gasteiger partial charge in [0.2, 0.25) is 0 Å². The van der Waals surface area contributed by atoms with E-state index in [0.717, 1.165) is 0 Å². The Kier molecular flexibility index (Phi) is 6.48. The smallest absolute Gasteiger partial charge is 0.151 e. The molecule has 75 valence electrons. The van der Waals surface area contributed by atoms with Gasteiger partial charge < -0.3 is 20.1 Å². The Labute approximate surface area is 107 Å². The number of benzene rings is 1. The molecule has 3 N–H and O–H groups in total. The van der Waals surface area contributed by atoms with Crippen LogP contribution < -0.4 is 0 Å². The molecular formula is C9H11O4Y-. The van der Waals surface area contributed by atoms with Gasteiger partial charge in [-0.05, 0) is 12.1 Å². The molecule has 0 heterocycles. The van der Waals surface area contributed by atoms with Crippen molar-refractivity contribution in [2.45, 2.75) is 12.9 Å². The molecule has 0 spiro atoms. The van der Waals surface area contributed by atoms with Gasteiger partial charge in [0.15, 0.2) is 6.29 Å². The molecule has 0 amide bonds. The van der Waals surface area contributed by atoms with E-state index >= 15 is 0 Å². The summed E-state index contributed by atoms with van der Waals surface area (Å²) < 4.78 is 4.42. The van der Waals surface area contributed by atoms with E-state index in [1.54, 1.807) is 0 Å². The maximum absolute atomic E-state index is 9.19. The van der Waals surface area contributed by atoms with Crippen molar-refractivity contribution in [2.24, 2.45) is 0 Å². The van der Waals surface area contributed by atoms with Crippen molar-refractivity contribution in [2.75, 3.05) is 0 Å². The molecule has 1 unspecified atom stereocenters. The largest absolute Gasteiger partial charge is 0.529 e. The first kappa shape index (κ1) is 14.0. The Hall–Kier alpha value is 0.00390. The van der Waals surface area contributed by atoms with Crippen molar-refractivity contribution in [3.05, 3.63) is 36.4 Å². The predicted octanol–water partition coefficient (Wildman–Crippen LogP) is 0.681. The number of rotatable bonds is 3. The molecule has 1 atom stereocenters. The van der Waals surface area contributed by atoms with E-state index in [1.165, 1.54) is 18.2 Å². The van der Waals surface area contributed by atoms with Crippen LogP contribution in [0.1, 0.15) is 17.4 Å². The van der Waals surface area contributed by atoms with Crippen molar-refractivity contribution in [1.82, 2.24) is 0 Å². The van der Waals surface area contributed by atoms with E-state index in [-0.39, 0.29) is 45.1 Å². The van der Waals surface area contributed by atoms with Gasteiger partial charge in [0.05, 0.1) is 6.61 Å². The fourth-order valence-electron chi connectivity index (χ4n) is 0.982. The summed E-state index contributed by atoms with van der Waals surface area (Å²) in [5.74, 6) is -0.0116. The van der Waals surface area contributed by atoms with Gasteiger partial charge >= 0.3 is 0 Å². The monoisotopic (exact) mass is 272 g/mol. The average molecular weight is 272 g/mol. The standard InChI is InChI=1S/C9H11O4.Y/c1-13-9(12)6-2-3-8(11)7(4-6)5-10;/h2-4,9-12H,1,5H2;/q-1;. The second-order valence-corrected chi connectivity index (χ2v) is 2.57. The molecule has 0 aromatic heterocycles. The molecule has 0 fully saturated rings. The first-order valence-electron chi connectivity index (χ1n) is 3.70. The van der Waals surface area contributed by atoms with Gasteiger partial charge in [-0.15, -0.1) is 0 Å². The first-order chi connectivity index (χ1) is 6.19. The van der Waals surface area contributed by atoms with Gasteiger partial charge in [-0.1, -0.05) is 6.07 Å². The number of ether oxygens (including phenoxy) is 1. The van der Waals surface area contributed by atoms with Crippen LogP contribution >= 0.6 is 0 Å². The maximum atomic E-state index is 9.19. The Morgan fingerprint density at radius 3 is 2.57 bits per heavy atom. The minimum Gasteiger partial charge on any atom is -0.529 e. The Balaban J connectivity index is 0.00000169. The van der Waals surface area contributed by atoms with Crippen LogP contribution in [0.5, 0.6) is 5.75 Å². The third-order valence-electron chi connectivity index (χ3n) is 1.72. The molecule has 0 saturated carbocycles. The normalized spacial score (nSPS) is 11.9. The van der Waals surface area contributed by atoms with Crippen LogP contribution in [0.3, 0.4) is 0 Å². The maximum Gasteiger partial charge on any atom is 0.151 e. The first-order valence-corrected chi connectivity index (χ1v) is 3.70. The molecule has 0 aliphatic carbocycles. The van der Waals surface area contributed by atoms with Crippen LogP contribution in [0.2, 0.25) is 0 Å². The van der Waals surface area contributed by atoms with Crippen molar-refractivity contribution in [1.29, 1.82) is 0 Å².